The van der Waals surface area contributed by atoms with Crippen LogP contribution in [0.25, 0.3) is 33.6 Å². The van der Waals surface area contributed by atoms with Crippen molar-refractivity contribution in [3.05, 3.63) is 72.6 Å². The molecule has 0 bridgehead atoms. The average Bonchev–Trinajstić information content (AvgIpc) is 3.90. The van der Waals surface area contributed by atoms with E-state index in [1.165, 1.54) is 7.11 Å². The summed E-state index contributed by atoms with van der Waals surface area (Å²) >= 11 is 0. The lowest BCUT2D eigenvalue weighted by Gasteiger charge is -2.41. The average molecular weight is 710 g/mol. The van der Waals surface area contributed by atoms with E-state index < -0.39 is 29.6 Å². The van der Waals surface area contributed by atoms with Crippen molar-refractivity contribution in [1.82, 2.24) is 35.5 Å². The molecule has 1 saturated heterocycles. The highest BCUT2D eigenvalue weighted by Gasteiger charge is 2.45. The van der Waals surface area contributed by atoms with Gasteiger partial charge >= 0.3 is 12.1 Å². The van der Waals surface area contributed by atoms with Crippen molar-refractivity contribution in [3.63, 3.8) is 0 Å². The van der Waals surface area contributed by atoms with Gasteiger partial charge in [-0.1, -0.05) is 76.2 Å². The van der Waals surface area contributed by atoms with E-state index in [1.807, 2.05) is 52.0 Å². The van der Waals surface area contributed by atoms with E-state index in [9.17, 15) is 24.3 Å². The van der Waals surface area contributed by atoms with Crippen LogP contribution in [0.15, 0.2) is 60.9 Å². The number of rotatable bonds is 12. The molecule has 1 aliphatic heterocycles. The summed E-state index contributed by atoms with van der Waals surface area (Å²) in [6.07, 6.45) is 6.31. The highest BCUT2D eigenvalue weighted by Crippen LogP contribution is 2.41. The number of nitrogens with one attached hydrogen (secondary N) is 4. The van der Waals surface area contributed by atoms with Crippen molar-refractivity contribution >= 4 is 23.9 Å². The van der Waals surface area contributed by atoms with Crippen LogP contribution in [0.2, 0.25) is 0 Å². The predicted octanol–water partition coefficient (Wildman–Crippen LogP) is 6.03. The van der Waals surface area contributed by atoms with Gasteiger partial charge in [0.1, 0.15) is 23.6 Å². The van der Waals surface area contributed by atoms with Crippen LogP contribution in [0.5, 0.6) is 0 Å². The number of esters is 1. The van der Waals surface area contributed by atoms with Crippen LogP contribution in [-0.2, 0) is 24.7 Å². The van der Waals surface area contributed by atoms with Crippen LogP contribution < -0.4 is 10.6 Å². The Hall–Kier alpha value is -5.46. The molecule has 1 aliphatic carbocycles. The number of nitrogens with zero attached hydrogens (tertiary/aromatic N) is 3. The molecule has 4 aromatic rings. The number of methoxy groups -OCH3 is 1. The maximum atomic E-state index is 13.3. The lowest BCUT2D eigenvalue weighted by molar-refractivity contribution is -0.153. The van der Waals surface area contributed by atoms with Crippen molar-refractivity contribution in [3.8, 4) is 33.6 Å². The number of carbonyl (C=O) groups is 4. The minimum absolute atomic E-state index is 0.186. The summed E-state index contributed by atoms with van der Waals surface area (Å²) in [5.74, 6) is -1.02. The van der Waals surface area contributed by atoms with E-state index in [0.29, 0.717) is 18.2 Å². The molecule has 1 saturated carbocycles. The molecule has 2 aliphatic rings. The molecule has 274 valence electrons. The highest BCUT2D eigenvalue weighted by molar-refractivity contribution is 5.98. The molecule has 0 spiro atoms. The van der Waals surface area contributed by atoms with Gasteiger partial charge in [-0.3, -0.25) is 14.4 Å². The maximum absolute atomic E-state index is 13.3. The molecule has 3 heterocycles. The SMILES string of the molecule is COC(=O)C(C(=O)NC1(c2ncc(-c3ccc(-c4ccc(-c5cnc(C6CCCN6C(=O)C(NC(=O)O)C(C)C)[nH]5)cc4)cc3)[nH]2)CCC1)C(C)C. The van der Waals surface area contributed by atoms with Crippen molar-refractivity contribution in [2.75, 3.05) is 13.7 Å². The molecule has 2 aromatic heterocycles. The van der Waals surface area contributed by atoms with E-state index in [1.54, 1.807) is 17.3 Å². The number of carbonyl (C=O) groups excluding carboxylic acids is 3. The van der Waals surface area contributed by atoms with E-state index >= 15 is 0 Å². The van der Waals surface area contributed by atoms with E-state index in [0.717, 1.165) is 65.7 Å². The quantitative estimate of drug-likeness (QED) is 0.0873. The molecule has 13 heteroatoms. The monoisotopic (exact) mass is 709 g/mol. The third kappa shape index (κ3) is 7.30. The maximum Gasteiger partial charge on any atom is 0.405 e. The first-order valence-corrected chi connectivity index (χ1v) is 17.9. The largest absolute Gasteiger partial charge is 0.468 e. The predicted molar refractivity (Wildman–Crippen MR) is 195 cm³/mol. The van der Waals surface area contributed by atoms with Crippen LogP contribution in [-0.4, -0.2) is 73.5 Å². The van der Waals surface area contributed by atoms with Crippen LogP contribution in [0.3, 0.4) is 0 Å². The molecule has 52 heavy (non-hydrogen) atoms. The number of benzene rings is 2. The van der Waals surface area contributed by atoms with Gasteiger partial charge in [0.05, 0.1) is 42.5 Å². The molecule has 3 unspecified atom stereocenters. The Morgan fingerprint density at radius 2 is 1.42 bits per heavy atom. The second-order valence-corrected chi connectivity index (χ2v) is 14.5. The van der Waals surface area contributed by atoms with Gasteiger partial charge in [0.2, 0.25) is 11.8 Å². The van der Waals surface area contributed by atoms with Crippen LogP contribution in [0, 0.1) is 17.8 Å². The Morgan fingerprint density at radius 1 is 0.846 bits per heavy atom. The Bertz CT molecular complexity index is 1910. The number of amides is 3. The number of likely N-dealkylation sites (tertiary alicyclic amines) is 1. The zero-order chi connectivity index (χ0) is 37.2. The molecule has 3 atom stereocenters. The Kier molecular flexibility index (Phi) is 10.5. The van der Waals surface area contributed by atoms with Gasteiger partial charge < -0.3 is 35.3 Å². The minimum atomic E-state index is -1.21. The molecule has 5 N–H and O–H groups in total. The molecule has 0 radical (unpaired) electrons. The van der Waals surface area contributed by atoms with Gasteiger partial charge in [-0.25, -0.2) is 14.8 Å². The van der Waals surface area contributed by atoms with Gasteiger partial charge in [0, 0.05) is 6.54 Å². The van der Waals surface area contributed by atoms with Gasteiger partial charge in [-0.2, -0.15) is 0 Å². The fourth-order valence-corrected chi connectivity index (χ4v) is 7.26. The summed E-state index contributed by atoms with van der Waals surface area (Å²) in [6, 6.07) is 15.3. The smallest absolute Gasteiger partial charge is 0.405 e. The number of H-pyrrole nitrogens is 2. The first kappa shape index (κ1) is 36.3. The minimum Gasteiger partial charge on any atom is -0.468 e. The van der Waals surface area contributed by atoms with Gasteiger partial charge in [-0.15, -0.1) is 0 Å². The van der Waals surface area contributed by atoms with E-state index in [-0.39, 0.29) is 29.7 Å². The number of ether oxygens (including phenoxy) is 1. The summed E-state index contributed by atoms with van der Waals surface area (Å²) in [5, 5.41) is 14.8. The standard InChI is InChI=1S/C39H47N7O6/c1-22(2)31(36(49)52-5)34(47)45-39(17-7-18-39)37-41-21-29(43-37)27-15-11-25(12-16-27)24-9-13-26(14-10-24)28-20-40-33(42-28)30-8-6-19-46(30)35(48)32(23(3)4)44-38(50)51/h9-16,20-23,30-32,44H,6-8,17-19H2,1-5H3,(H,40,42)(H,41,43)(H,45,47)(H,50,51). The molecular weight excluding hydrogens is 662 g/mol. The molecule has 2 fully saturated rings. The fourth-order valence-electron chi connectivity index (χ4n) is 7.26. The third-order valence-electron chi connectivity index (χ3n) is 10.4. The third-order valence-corrected chi connectivity index (χ3v) is 10.4. The number of carboxylic acid groups (broad SMARTS) is 1. The summed E-state index contributed by atoms with van der Waals surface area (Å²) in [7, 11) is 1.30. The van der Waals surface area contributed by atoms with Gasteiger partial charge in [0.15, 0.2) is 0 Å². The first-order chi connectivity index (χ1) is 24.9. The first-order valence-electron chi connectivity index (χ1n) is 17.9. The zero-order valence-electron chi connectivity index (χ0n) is 30.2. The lowest BCUT2D eigenvalue weighted by Crippen LogP contribution is -2.54. The fraction of sp³-hybridized carbons (Fsp3) is 0.436. The number of hydrogen-bond donors (Lipinski definition) is 5. The number of imidazole rings is 2. The highest BCUT2D eigenvalue weighted by atomic mass is 16.5. The molecule has 13 nitrogen and oxygen atoms in total. The number of aromatic nitrogens is 4. The second-order valence-electron chi connectivity index (χ2n) is 14.5. The van der Waals surface area contributed by atoms with Gasteiger partial charge in [-0.05, 0) is 66.2 Å². The summed E-state index contributed by atoms with van der Waals surface area (Å²) in [6.45, 7) is 7.87. The summed E-state index contributed by atoms with van der Waals surface area (Å²) < 4.78 is 4.89. The van der Waals surface area contributed by atoms with Crippen molar-refractivity contribution in [1.29, 1.82) is 0 Å². The van der Waals surface area contributed by atoms with Crippen molar-refractivity contribution < 1.29 is 29.0 Å². The van der Waals surface area contributed by atoms with E-state index in [4.69, 9.17) is 4.74 Å². The summed E-state index contributed by atoms with van der Waals surface area (Å²) in [4.78, 5) is 68.0. The zero-order valence-corrected chi connectivity index (χ0v) is 30.2. The molecule has 6 rings (SSSR count). The summed E-state index contributed by atoms with van der Waals surface area (Å²) in [5.41, 5.74) is 5.02. The van der Waals surface area contributed by atoms with Crippen LogP contribution >= 0.6 is 0 Å². The second kappa shape index (κ2) is 15.0. The Morgan fingerprint density at radius 3 is 1.94 bits per heavy atom. The lowest BCUT2D eigenvalue weighted by atomic mass is 9.75. The van der Waals surface area contributed by atoms with Crippen molar-refractivity contribution in [2.45, 2.75) is 77.4 Å². The molecule has 3 amide bonds. The molecular formula is C39H47N7O6. The normalized spacial score (nSPS) is 17.8. The Balaban J connectivity index is 1.12. The number of hydrogen-bond acceptors (Lipinski definition) is 7. The van der Waals surface area contributed by atoms with E-state index in [2.05, 4.69) is 54.8 Å². The van der Waals surface area contributed by atoms with Crippen LogP contribution in [0.4, 0.5) is 4.79 Å². The topological polar surface area (TPSA) is 182 Å². The van der Waals surface area contributed by atoms with Gasteiger partial charge in [0.25, 0.3) is 0 Å². The number of aromatic amines is 2. The Labute approximate surface area is 303 Å². The van der Waals surface area contributed by atoms with Crippen LogP contribution in [0.1, 0.15) is 77.5 Å². The molecule has 2 aromatic carbocycles. The van der Waals surface area contributed by atoms with Crippen molar-refractivity contribution in [2.24, 2.45) is 17.8 Å².